The van der Waals surface area contributed by atoms with Gasteiger partial charge in [-0.1, -0.05) is 18.2 Å². The van der Waals surface area contributed by atoms with Crippen LogP contribution in [0.25, 0.3) is 0 Å². The Kier molecular flexibility index (Phi) is 4.61. The SMILES string of the molecule is CC(=O)NN1CC2(CCN(CC(=O)N3CCCC3)CC2)c2ccccc21. The summed E-state index contributed by atoms with van der Waals surface area (Å²) in [7, 11) is 0. The predicted octanol–water partition coefficient (Wildman–Crippen LogP) is 1.51. The number of likely N-dealkylation sites (tertiary alicyclic amines) is 2. The minimum absolute atomic E-state index is 0.0366. The molecule has 1 spiro atoms. The number of anilines is 1. The van der Waals surface area contributed by atoms with Crippen LogP contribution < -0.4 is 10.4 Å². The Bertz CT molecular complexity index is 691. The number of hydrogen-bond donors (Lipinski definition) is 1. The molecule has 2 fully saturated rings. The maximum absolute atomic E-state index is 12.4. The highest BCUT2D eigenvalue weighted by molar-refractivity contribution is 5.78. The number of carbonyl (C=O) groups excluding carboxylic acids is 2. The largest absolute Gasteiger partial charge is 0.342 e. The molecule has 0 atom stereocenters. The molecule has 6 heteroatoms. The van der Waals surface area contributed by atoms with E-state index in [1.54, 1.807) is 6.92 Å². The number of fused-ring (bicyclic) bond motifs is 2. The second-order valence-corrected chi connectivity index (χ2v) is 7.92. The van der Waals surface area contributed by atoms with Crippen LogP contribution in [0, 0.1) is 0 Å². The monoisotopic (exact) mass is 356 g/mol. The molecule has 3 aliphatic heterocycles. The number of nitrogens with one attached hydrogen (secondary N) is 1. The van der Waals surface area contributed by atoms with Gasteiger partial charge in [-0.3, -0.25) is 24.9 Å². The average Bonchev–Trinajstić information content (AvgIpc) is 3.25. The lowest BCUT2D eigenvalue weighted by molar-refractivity contribution is -0.131. The third kappa shape index (κ3) is 3.18. The fraction of sp³-hybridized carbons (Fsp3) is 0.600. The normalized spacial score (nSPS) is 21.9. The van der Waals surface area contributed by atoms with Crippen molar-refractivity contribution in [3.63, 3.8) is 0 Å². The molecule has 140 valence electrons. The van der Waals surface area contributed by atoms with Crippen LogP contribution in [0.5, 0.6) is 0 Å². The molecule has 0 aromatic heterocycles. The van der Waals surface area contributed by atoms with E-state index in [0.29, 0.717) is 6.54 Å². The Morgan fingerprint density at radius 3 is 2.46 bits per heavy atom. The van der Waals surface area contributed by atoms with Crippen molar-refractivity contribution < 1.29 is 9.59 Å². The van der Waals surface area contributed by atoms with E-state index in [2.05, 4.69) is 28.5 Å². The molecule has 0 unspecified atom stereocenters. The van der Waals surface area contributed by atoms with Crippen molar-refractivity contribution in [1.82, 2.24) is 15.2 Å². The number of benzene rings is 1. The van der Waals surface area contributed by atoms with Gasteiger partial charge in [0.1, 0.15) is 0 Å². The lowest BCUT2D eigenvalue weighted by Gasteiger charge is -2.40. The third-order valence-corrected chi connectivity index (χ3v) is 6.15. The Labute approximate surface area is 155 Å². The third-order valence-electron chi connectivity index (χ3n) is 6.15. The summed E-state index contributed by atoms with van der Waals surface area (Å²) in [5.74, 6) is 0.246. The summed E-state index contributed by atoms with van der Waals surface area (Å²) in [5, 5.41) is 2.00. The fourth-order valence-corrected chi connectivity index (χ4v) is 4.74. The first-order valence-corrected chi connectivity index (χ1v) is 9.72. The van der Waals surface area contributed by atoms with Crippen LogP contribution in [0.2, 0.25) is 0 Å². The lowest BCUT2D eigenvalue weighted by atomic mass is 9.74. The van der Waals surface area contributed by atoms with Gasteiger partial charge in [0.05, 0.1) is 12.2 Å². The first-order chi connectivity index (χ1) is 12.6. The van der Waals surface area contributed by atoms with Crippen LogP contribution >= 0.6 is 0 Å². The molecule has 1 aromatic rings. The van der Waals surface area contributed by atoms with E-state index in [-0.39, 0.29) is 17.2 Å². The number of para-hydroxylation sites is 1. The minimum Gasteiger partial charge on any atom is -0.342 e. The van der Waals surface area contributed by atoms with Crippen LogP contribution in [-0.2, 0) is 15.0 Å². The van der Waals surface area contributed by atoms with Crippen molar-refractivity contribution in [2.75, 3.05) is 44.3 Å². The fourth-order valence-electron chi connectivity index (χ4n) is 4.74. The molecule has 1 N–H and O–H groups in total. The molecule has 2 saturated heterocycles. The highest BCUT2D eigenvalue weighted by Crippen LogP contribution is 2.46. The molecule has 0 radical (unpaired) electrons. The molecule has 3 heterocycles. The molecular weight excluding hydrogens is 328 g/mol. The maximum atomic E-state index is 12.4. The Morgan fingerprint density at radius 2 is 1.77 bits per heavy atom. The van der Waals surface area contributed by atoms with E-state index in [1.165, 1.54) is 5.56 Å². The van der Waals surface area contributed by atoms with Gasteiger partial charge in [-0.2, -0.15) is 0 Å². The van der Waals surface area contributed by atoms with E-state index in [4.69, 9.17) is 0 Å². The maximum Gasteiger partial charge on any atom is 0.236 e. The minimum atomic E-state index is -0.0366. The molecule has 6 nitrogen and oxygen atoms in total. The van der Waals surface area contributed by atoms with Crippen molar-refractivity contribution in [2.45, 2.75) is 38.0 Å². The molecule has 3 aliphatic rings. The van der Waals surface area contributed by atoms with Gasteiger partial charge < -0.3 is 4.90 Å². The van der Waals surface area contributed by atoms with Crippen LogP contribution in [0.1, 0.15) is 38.2 Å². The number of hydrogen-bond acceptors (Lipinski definition) is 4. The van der Waals surface area contributed by atoms with Gasteiger partial charge >= 0.3 is 0 Å². The molecule has 0 saturated carbocycles. The van der Waals surface area contributed by atoms with E-state index in [1.807, 2.05) is 16.0 Å². The van der Waals surface area contributed by atoms with Crippen molar-refractivity contribution in [2.24, 2.45) is 0 Å². The zero-order chi connectivity index (χ0) is 18.1. The highest BCUT2D eigenvalue weighted by Gasteiger charge is 2.45. The van der Waals surface area contributed by atoms with Gasteiger partial charge in [-0.15, -0.1) is 0 Å². The topological polar surface area (TPSA) is 55.9 Å². The zero-order valence-corrected chi connectivity index (χ0v) is 15.5. The Balaban J connectivity index is 1.43. The summed E-state index contributed by atoms with van der Waals surface area (Å²) < 4.78 is 0. The van der Waals surface area contributed by atoms with E-state index < -0.39 is 0 Å². The van der Waals surface area contributed by atoms with Crippen LogP contribution in [-0.4, -0.2) is 60.9 Å². The summed E-state index contributed by atoms with van der Waals surface area (Å²) in [4.78, 5) is 28.3. The van der Waals surface area contributed by atoms with E-state index in [0.717, 1.165) is 64.1 Å². The summed E-state index contributed by atoms with van der Waals surface area (Å²) >= 11 is 0. The molecule has 0 bridgehead atoms. The lowest BCUT2D eigenvalue weighted by Crippen LogP contribution is -2.50. The Morgan fingerprint density at radius 1 is 1.08 bits per heavy atom. The van der Waals surface area contributed by atoms with Gasteiger partial charge in [0.15, 0.2) is 0 Å². The van der Waals surface area contributed by atoms with Gasteiger partial charge in [-0.25, -0.2) is 0 Å². The van der Waals surface area contributed by atoms with Crippen molar-refractivity contribution in [3.8, 4) is 0 Å². The van der Waals surface area contributed by atoms with Gasteiger partial charge in [0.2, 0.25) is 11.8 Å². The Hall–Kier alpha value is -2.08. The summed E-state index contributed by atoms with van der Waals surface area (Å²) in [6.45, 7) is 6.64. The molecule has 0 aliphatic carbocycles. The van der Waals surface area contributed by atoms with Crippen molar-refractivity contribution in [3.05, 3.63) is 29.8 Å². The van der Waals surface area contributed by atoms with Gasteiger partial charge in [-0.05, 0) is 50.4 Å². The summed E-state index contributed by atoms with van der Waals surface area (Å²) in [5.41, 5.74) is 5.49. The van der Waals surface area contributed by atoms with Crippen LogP contribution in [0.4, 0.5) is 5.69 Å². The summed E-state index contributed by atoms with van der Waals surface area (Å²) in [6, 6.07) is 8.39. The van der Waals surface area contributed by atoms with Gasteiger partial charge in [0.25, 0.3) is 0 Å². The van der Waals surface area contributed by atoms with Gasteiger partial charge in [0, 0.05) is 32.0 Å². The van der Waals surface area contributed by atoms with Crippen molar-refractivity contribution >= 4 is 17.5 Å². The predicted molar refractivity (Wildman–Crippen MR) is 101 cm³/mol. The molecule has 1 aromatic carbocycles. The zero-order valence-electron chi connectivity index (χ0n) is 15.5. The summed E-state index contributed by atoms with van der Waals surface area (Å²) in [6.07, 6.45) is 4.33. The second kappa shape index (κ2) is 6.91. The quantitative estimate of drug-likeness (QED) is 0.892. The standard InChI is InChI=1S/C20H28N4O2/c1-16(25)21-24-15-20(17-6-2-3-7-18(17)24)8-12-22(13-9-20)14-19(26)23-10-4-5-11-23/h2-3,6-7H,4-5,8-15H2,1H3,(H,21,25). The second-order valence-electron chi connectivity index (χ2n) is 7.92. The average molecular weight is 356 g/mol. The number of amides is 2. The molecular formula is C20H28N4O2. The van der Waals surface area contributed by atoms with Crippen LogP contribution in [0.15, 0.2) is 24.3 Å². The number of nitrogens with zero attached hydrogens (tertiary/aromatic N) is 3. The first-order valence-electron chi connectivity index (χ1n) is 9.72. The van der Waals surface area contributed by atoms with Crippen LogP contribution in [0.3, 0.4) is 0 Å². The number of piperidine rings is 1. The molecule has 26 heavy (non-hydrogen) atoms. The highest BCUT2D eigenvalue weighted by atomic mass is 16.2. The number of carbonyl (C=O) groups is 2. The van der Waals surface area contributed by atoms with Crippen molar-refractivity contribution in [1.29, 1.82) is 0 Å². The smallest absolute Gasteiger partial charge is 0.236 e. The number of hydrazine groups is 1. The number of rotatable bonds is 3. The first kappa shape index (κ1) is 17.3. The molecule has 2 amide bonds. The van der Waals surface area contributed by atoms with E-state index >= 15 is 0 Å². The molecule has 4 rings (SSSR count). The van der Waals surface area contributed by atoms with E-state index in [9.17, 15) is 9.59 Å².